The highest BCUT2D eigenvalue weighted by atomic mass is 32.2. The Bertz CT molecular complexity index is 285. The molecular formula is C13H22N2OS. The molecule has 1 fully saturated rings. The van der Waals surface area contributed by atoms with Crippen LogP contribution in [0.2, 0.25) is 0 Å². The summed E-state index contributed by atoms with van der Waals surface area (Å²) >= 11 is 1.65. The van der Waals surface area contributed by atoms with Crippen molar-refractivity contribution in [1.29, 1.82) is 0 Å². The zero-order valence-electron chi connectivity index (χ0n) is 10.4. The monoisotopic (exact) mass is 254 g/mol. The molecule has 1 amide bonds. The highest BCUT2D eigenvalue weighted by Crippen LogP contribution is 2.27. The summed E-state index contributed by atoms with van der Waals surface area (Å²) in [4.78, 5) is 15.9. The van der Waals surface area contributed by atoms with Crippen molar-refractivity contribution in [2.45, 2.75) is 51.4 Å². The summed E-state index contributed by atoms with van der Waals surface area (Å²) < 4.78 is 0. The third-order valence-corrected chi connectivity index (χ3v) is 4.46. The van der Waals surface area contributed by atoms with Gasteiger partial charge in [0.25, 0.3) is 0 Å². The van der Waals surface area contributed by atoms with E-state index in [-0.39, 0.29) is 5.91 Å². The molecule has 96 valence electrons. The van der Waals surface area contributed by atoms with Gasteiger partial charge in [0.15, 0.2) is 5.17 Å². The summed E-state index contributed by atoms with van der Waals surface area (Å²) in [6.07, 6.45) is 9.88. The van der Waals surface area contributed by atoms with E-state index >= 15 is 0 Å². The lowest BCUT2D eigenvalue weighted by Crippen LogP contribution is -2.27. The quantitative estimate of drug-likeness (QED) is 0.838. The first-order chi connectivity index (χ1) is 8.34. The molecule has 0 bridgehead atoms. The molecule has 4 heteroatoms. The van der Waals surface area contributed by atoms with Crippen molar-refractivity contribution in [2.75, 3.05) is 12.3 Å². The number of aliphatic imine (C=N–C) groups is 1. The van der Waals surface area contributed by atoms with Crippen LogP contribution in [0.3, 0.4) is 0 Å². The van der Waals surface area contributed by atoms with Crippen LogP contribution in [-0.4, -0.2) is 23.4 Å². The molecule has 1 saturated carbocycles. The Morgan fingerprint density at radius 1 is 1.35 bits per heavy atom. The zero-order chi connectivity index (χ0) is 11.9. The maximum atomic E-state index is 11.6. The molecular weight excluding hydrogens is 232 g/mol. The number of rotatable bonds is 4. The van der Waals surface area contributed by atoms with Gasteiger partial charge in [-0.15, -0.1) is 0 Å². The molecule has 2 aliphatic rings. The number of carbonyl (C=O) groups excluding carboxylic acids is 1. The molecule has 1 heterocycles. The standard InChI is InChI=1S/C13H22N2OS/c16-12(15-13-14-9-10-17-13)8-4-7-11-5-2-1-3-6-11/h11H,1-10H2,(H,14,15,16). The molecule has 0 saturated heterocycles. The predicted octanol–water partition coefficient (Wildman–Crippen LogP) is 2.96. The van der Waals surface area contributed by atoms with E-state index < -0.39 is 0 Å². The smallest absolute Gasteiger partial charge is 0.225 e. The van der Waals surface area contributed by atoms with Gasteiger partial charge >= 0.3 is 0 Å². The number of hydrogen-bond donors (Lipinski definition) is 1. The second-order valence-corrected chi connectivity index (χ2v) is 6.06. The molecule has 1 aliphatic heterocycles. The van der Waals surface area contributed by atoms with Gasteiger partial charge in [0.05, 0.1) is 6.54 Å². The van der Waals surface area contributed by atoms with Crippen molar-refractivity contribution in [1.82, 2.24) is 5.32 Å². The molecule has 0 spiro atoms. The van der Waals surface area contributed by atoms with E-state index in [0.29, 0.717) is 6.42 Å². The number of thioether (sulfide) groups is 1. The fourth-order valence-electron chi connectivity index (χ4n) is 2.62. The van der Waals surface area contributed by atoms with Crippen LogP contribution >= 0.6 is 11.8 Å². The first kappa shape index (κ1) is 12.9. The molecule has 0 aromatic carbocycles. The number of carbonyl (C=O) groups is 1. The summed E-state index contributed by atoms with van der Waals surface area (Å²) in [5, 5.41) is 3.72. The largest absolute Gasteiger partial charge is 0.305 e. The normalized spacial score (nSPS) is 21.3. The first-order valence-electron chi connectivity index (χ1n) is 6.82. The predicted molar refractivity (Wildman–Crippen MR) is 73.3 cm³/mol. The van der Waals surface area contributed by atoms with Gasteiger partial charge < -0.3 is 5.32 Å². The number of hydrogen-bond acceptors (Lipinski definition) is 3. The third-order valence-electron chi connectivity index (χ3n) is 3.57. The van der Waals surface area contributed by atoms with Crippen molar-refractivity contribution in [3.8, 4) is 0 Å². The van der Waals surface area contributed by atoms with E-state index in [1.807, 2.05) is 0 Å². The SMILES string of the molecule is O=C(CCCC1CCCCC1)NC1=NCCS1. The van der Waals surface area contributed by atoms with Gasteiger partial charge in [-0.05, 0) is 18.8 Å². The lowest BCUT2D eigenvalue weighted by Gasteiger charge is -2.21. The van der Waals surface area contributed by atoms with Gasteiger partial charge in [-0.2, -0.15) is 0 Å². The molecule has 2 rings (SSSR count). The Morgan fingerprint density at radius 2 is 2.18 bits per heavy atom. The van der Waals surface area contributed by atoms with E-state index in [2.05, 4.69) is 10.3 Å². The third kappa shape index (κ3) is 4.70. The first-order valence-corrected chi connectivity index (χ1v) is 7.80. The summed E-state index contributed by atoms with van der Waals surface area (Å²) in [5.41, 5.74) is 0. The minimum absolute atomic E-state index is 0.147. The van der Waals surface area contributed by atoms with Crippen LogP contribution in [0.25, 0.3) is 0 Å². The van der Waals surface area contributed by atoms with Crippen LogP contribution < -0.4 is 5.32 Å². The van der Waals surface area contributed by atoms with Crippen molar-refractivity contribution in [2.24, 2.45) is 10.9 Å². The molecule has 0 unspecified atom stereocenters. The number of nitrogens with one attached hydrogen (secondary N) is 1. The summed E-state index contributed by atoms with van der Waals surface area (Å²) in [7, 11) is 0. The van der Waals surface area contributed by atoms with Crippen LogP contribution in [0.5, 0.6) is 0 Å². The average Bonchev–Trinajstić information content (AvgIpc) is 2.83. The van der Waals surface area contributed by atoms with Gasteiger partial charge in [0.2, 0.25) is 5.91 Å². The fourth-order valence-corrected chi connectivity index (χ4v) is 3.36. The molecule has 0 atom stereocenters. The summed E-state index contributed by atoms with van der Waals surface area (Å²) in [5.74, 6) is 2.04. The Balaban J connectivity index is 1.56. The van der Waals surface area contributed by atoms with E-state index in [1.54, 1.807) is 11.8 Å². The Hall–Kier alpha value is -0.510. The zero-order valence-corrected chi connectivity index (χ0v) is 11.2. The van der Waals surface area contributed by atoms with Crippen molar-refractivity contribution in [3.63, 3.8) is 0 Å². The maximum absolute atomic E-state index is 11.6. The van der Waals surface area contributed by atoms with Gasteiger partial charge in [-0.1, -0.05) is 43.9 Å². The van der Waals surface area contributed by atoms with E-state index in [0.717, 1.165) is 29.8 Å². The van der Waals surface area contributed by atoms with Gasteiger partial charge in [0, 0.05) is 12.2 Å². The van der Waals surface area contributed by atoms with E-state index in [1.165, 1.54) is 38.5 Å². The fraction of sp³-hybridized carbons (Fsp3) is 0.846. The topological polar surface area (TPSA) is 41.5 Å². The van der Waals surface area contributed by atoms with Crippen LogP contribution in [0.1, 0.15) is 51.4 Å². The second kappa shape index (κ2) is 7.04. The van der Waals surface area contributed by atoms with Crippen molar-refractivity contribution >= 4 is 22.8 Å². The molecule has 1 aliphatic carbocycles. The highest BCUT2D eigenvalue weighted by molar-refractivity contribution is 8.14. The van der Waals surface area contributed by atoms with Gasteiger partial charge in [0.1, 0.15) is 0 Å². The molecule has 1 N–H and O–H groups in total. The molecule has 0 aromatic rings. The summed E-state index contributed by atoms with van der Waals surface area (Å²) in [6.45, 7) is 0.850. The minimum Gasteiger partial charge on any atom is -0.305 e. The minimum atomic E-state index is 0.147. The van der Waals surface area contributed by atoms with E-state index in [4.69, 9.17) is 0 Å². The number of nitrogens with zero attached hydrogens (tertiary/aromatic N) is 1. The number of amidine groups is 1. The van der Waals surface area contributed by atoms with Crippen LogP contribution in [0, 0.1) is 5.92 Å². The van der Waals surface area contributed by atoms with Crippen LogP contribution in [0.4, 0.5) is 0 Å². The van der Waals surface area contributed by atoms with Crippen LogP contribution in [0.15, 0.2) is 4.99 Å². The average molecular weight is 254 g/mol. The van der Waals surface area contributed by atoms with Crippen LogP contribution in [-0.2, 0) is 4.79 Å². The van der Waals surface area contributed by atoms with Crippen molar-refractivity contribution < 1.29 is 4.79 Å². The molecule has 17 heavy (non-hydrogen) atoms. The molecule has 0 aromatic heterocycles. The summed E-state index contributed by atoms with van der Waals surface area (Å²) in [6, 6.07) is 0. The Morgan fingerprint density at radius 3 is 2.88 bits per heavy atom. The Kier molecular flexibility index (Phi) is 5.36. The lowest BCUT2D eigenvalue weighted by atomic mass is 9.86. The lowest BCUT2D eigenvalue weighted by molar-refractivity contribution is -0.119. The molecule has 0 radical (unpaired) electrons. The van der Waals surface area contributed by atoms with Crippen molar-refractivity contribution in [3.05, 3.63) is 0 Å². The molecule has 3 nitrogen and oxygen atoms in total. The van der Waals surface area contributed by atoms with Gasteiger partial charge in [-0.25, -0.2) is 0 Å². The van der Waals surface area contributed by atoms with Gasteiger partial charge in [-0.3, -0.25) is 9.79 Å². The van der Waals surface area contributed by atoms with E-state index in [9.17, 15) is 4.79 Å². The second-order valence-electron chi connectivity index (χ2n) is 4.98. The Labute approximate surface area is 108 Å². The number of amides is 1. The highest BCUT2D eigenvalue weighted by Gasteiger charge is 2.14. The maximum Gasteiger partial charge on any atom is 0.225 e.